The maximum absolute atomic E-state index is 13.0. The number of carbonyl (C=O) groups is 3. The highest BCUT2D eigenvalue weighted by Crippen LogP contribution is 2.45. The van der Waals surface area contributed by atoms with E-state index < -0.39 is 91.5 Å². The van der Waals surface area contributed by atoms with Crippen molar-refractivity contribution >= 4 is 33.6 Å². The predicted molar refractivity (Wildman–Crippen MR) is 454 cm³/mol. The van der Waals surface area contributed by atoms with Crippen LogP contribution in [0.3, 0.4) is 0 Å². The lowest BCUT2D eigenvalue weighted by Gasteiger charge is -2.21. The first-order valence-corrected chi connectivity index (χ1v) is 45.8. The van der Waals surface area contributed by atoms with Crippen LogP contribution in [0.2, 0.25) is 0 Å². The first-order valence-electron chi connectivity index (χ1n) is 42.8. The Morgan fingerprint density at radius 1 is 0.266 bits per heavy atom. The molecule has 0 aliphatic rings. The largest absolute Gasteiger partial charge is 0.472 e. The van der Waals surface area contributed by atoms with Crippen molar-refractivity contribution in [1.82, 2.24) is 0 Å². The van der Waals surface area contributed by atoms with E-state index in [2.05, 4.69) is 179 Å². The molecule has 0 amide bonds. The van der Waals surface area contributed by atoms with Crippen molar-refractivity contribution in [2.75, 3.05) is 39.6 Å². The molecule has 0 heterocycles. The van der Waals surface area contributed by atoms with Gasteiger partial charge in [-0.3, -0.25) is 32.5 Å². The predicted octanol–water partition coefficient (Wildman–Crippen LogP) is 25.8. The Bertz CT molecular complexity index is 2610. The monoisotopic (exact) mass is 1570 g/mol. The smallest absolute Gasteiger partial charge is 0.463 e. The van der Waals surface area contributed by atoms with Crippen LogP contribution in [-0.2, 0) is 55.8 Å². The minimum Gasteiger partial charge on any atom is -0.463 e. The highest BCUT2D eigenvalue weighted by atomic mass is 31.2. The molecule has 0 fully saturated rings. The molecule has 0 saturated carbocycles. The number of rotatable bonds is 80. The lowest BCUT2D eigenvalue weighted by atomic mass is 10.0. The molecule has 624 valence electrons. The molecule has 109 heavy (non-hydrogen) atoms. The van der Waals surface area contributed by atoms with Crippen LogP contribution in [0, 0.1) is 0 Å². The Morgan fingerprint density at radius 2 is 0.486 bits per heavy atom. The van der Waals surface area contributed by atoms with E-state index in [1.807, 2.05) is 0 Å². The lowest BCUT2D eigenvalue weighted by Crippen LogP contribution is -2.30. The van der Waals surface area contributed by atoms with Crippen molar-refractivity contribution in [3.63, 3.8) is 0 Å². The maximum atomic E-state index is 13.0. The maximum Gasteiger partial charge on any atom is 0.472 e. The first kappa shape index (κ1) is 104. The molecule has 0 saturated heterocycles. The average Bonchev–Trinajstić information content (AvgIpc) is 0.901. The van der Waals surface area contributed by atoms with E-state index in [1.165, 1.54) is 109 Å². The molecule has 18 heteroatoms. The zero-order valence-electron chi connectivity index (χ0n) is 68.4. The number of esters is 3. The third-order valence-electron chi connectivity index (χ3n) is 17.7. The molecule has 0 aromatic heterocycles. The topological polar surface area (TPSA) is 231 Å². The molecule has 5 atom stereocenters. The molecular weight excluding hydrogens is 1410 g/mol. The third kappa shape index (κ3) is 83.9. The fourth-order valence-corrected chi connectivity index (χ4v) is 12.9. The van der Waals surface area contributed by atoms with Crippen molar-refractivity contribution in [2.45, 2.75) is 360 Å². The number of aliphatic hydroxyl groups excluding tert-OH is 2. The molecule has 0 aromatic carbocycles. The molecule has 0 aromatic rings. The van der Waals surface area contributed by atoms with E-state index in [4.69, 9.17) is 32.3 Å². The number of aliphatic hydroxyl groups is 2. The van der Waals surface area contributed by atoms with Crippen molar-refractivity contribution in [1.29, 1.82) is 0 Å². The van der Waals surface area contributed by atoms with Crippen LogP contribution >= 0.6 is 15.6 Å². The van der Waals surface area contributed by atoms with Gasteiger partial charge in [0.15, 0.2) is 6.10 Å². The van der Waals surface area contributed by atoms with Gasteiger partial charge in [0, 0.05) is 19.3 Å². The fraction of sp³-hybridized carbons (Fsp3) is 0.681. The summed E-state index contributed by atoms with van der Waals surface area (Å²) in [7, 11) is -9.80. The molecule has 0 rings (SSSR count). The Labute approximate surface area is 663 Å². The van der Waals surface area contributed by atoms with E-state index in [0.717, 1.165) is 173 Å². The van der Waals surface area contributed by atoms with Gasteiger partial charge < -0.3 is 34.2 Å². The minimum atomic E-state index is -4.94. The number of hydrogen-bond donors (Lipinski definition) is 4. The second-order valence-electron chi connectivity index (χ2n) is 28.2. The van der Waals surface area contributed by atoms with E-state index >= 15 is 0 Å². The minimum absolute atomic E-state index is 0.0842. The summed E-state index contributed by atoms with van der Waals surface area (Å²) in [5.74, 6) is -1.59. The zero-order chi connectivity index (χ0) is 79.4. The average molecular weight is 1570 g/mol. The third-order valence-corrected chi connectivity index (χ3v) is 19.6. The SMILES string of the molecule is CC/C=C\C/C=C\C/C=C\C/C=C\C/C=C\C/C=C\CCCCCCCCCCCCC(=O)OCC(COP(=O)(O)OCC(O)COP(=O)(O)OCC(O)COC(=O)CCCCCCCCCCCCCCCCC/C=C\C/C=C\C/C=C\C/C=C\C/C=C\CC)OC(=O)CCCCCCC/C=C\C/C=C\CCC. The molecule has 16 nitrogen and oxygen atoms in total. The second-order valence-corrected chi connectivity index (χ2v) is 31.1. The van der Waals surface area contributed by atoms with Gasteiger partial charge in [-0.05, 0) is 141 Å². The van der Waals surface area contributed by atoms with E-state index in [1.54, 1.807) is 0 Å². The Hall–Kier alpha value is -4.83. The lowest BCUT2D eigenvalue weighted by molar-refractivity contribution is -0.161. The number of phosphoric acid groups is 2. The summed E-state index contributed by atoms with van der Waals surface area (Å²) >= 11 is 0. The van der Waals surface area contributed by atoms with Gasteiger partial charge in [-0.1, -0.05) is 339 Å². The Balaban J connectivity index is 4.46. The van der Waals surface area contributed by atoms with E-state index in [0.29, 0.717) is 19.3 Å². The summed E-state index contributed by atoms with van der Waals surface area (Å²) in [6.07, 6.45) is 104. The van der Waals surface area contributed by atoms with Crippen molar-refractivity contribution in [3.05, 3.63) is 158 Å². The van der Waals surface area contributed by atoms with E-state index in [-0.39, 0.29) is 19.3 Å². The molecule has 0 spiro atoms. The summed E-state index contributed by atoms with van der Waals surface area (Å²) < 4.78 is 61.2. The van der Waals surface area contributed by atoms with Gasteiger partial charge in [0.2, 0.25) is 0 Å². The van der Waals surface area contributed by atoms with Crippen LogP contribution in [0.1, 0.15) is 342 Å². The normalized spacial score (nSPS) is 14.7. The highest BCUT2D eigenvalue weighted by molar-refractivity contribution is 7.47. The van der Waals surface area contributed by atoms with Gasteiger partial charge in [-0.2, -0.15) is 0 Å². The van der Waals surface area contributed by atoms with Gasteiger partial charge in [-0.15, -0.1) is 0 Å². The molecule has 0 radical (unpaired) electrons. The van der Waals surface area contributed by atoms with Gasteiger partial charge in [-0.25, -0.2) is 9.13 Å². The summed E-state index contributed by atoms with van der Waals surface area (Å²) in [6.45, 7) is 2.38. The number of ether oxygens (including phenoxy) is 3. The van der Waals surface area contributed by atoms with Crippen LogP contribution in [0.4, 0.5) is 0 Å². The summed E-state index contributed by atoms with van der Waals surface area (Å²) in [5.41, 5.74) is 0. The number of carbonyl (C=O) groups excluding carboxylic acids is 3. The number of hydrogen-bond acceptors (Lipinski definition) is 14. The van der Waals surface area contributed by atoms with Gasteiger partial charge in [0.05, 0.1) is 26.4 Å². The molecule has 0 aliphatic carbocycles. The summed E-state index contributed by atoms with van der Waals surface area (Å²) in [5, 5.41) is 20.7. The van der Waals surface area contributed by atoms with Crippen molar-refractivity contribution in [2.24, 2.45) is 0 Å². The molecule has 5 unspecified atom stereocenters. The van der Waals surface area contributed by atoms with Crippen LogP contribution in [-0.4, -0.2) is 95.9 Å². The van der Waals surface area contributed by atoms with Gasteiger partial charge in [0.25, 0.3) is 0 Å². The number of phosphoric ester groups is 2. The first-order chi connectivity index (χ1) is 53.2. The standard InChI is InChI=1S/C91H154O16P2/c1-4-7-10-13-16-19-22-25-27-29-31-33-35-37-39-41-42-44-46-47-49-51-53-55-57-60-62-65-68-71-74-77-89(94)101-80-86(92)81-103-108(97,98)104-82-87(93)83-105-109(99,100)106-85-88(107-91(96)79-76-73-70-67-64-59-24-21-18-15-12-9-6-3)84-102-90(95)78-75-72-69-66-63-61-58-56-54-52-50-48-45-43-40-38-36-34-32-30-28-26-23-20-17-14-11-8-5-2/h7-8,10-12,15-17,19-21,24-28,31-34,37-40,45,48,86-88,92-93H,4-6,9,13-14,18,22-23,29-30,35-36,41-44,46-47,49-85H2,1-3H3,(H,97,98)(H,99,100)/b10-7-,11-8-,15-12-,19-16-,20-17-,24-21-,27-25-,28-26-,33-31-,34-32-,39-37-,40-38-,48-45-. The van der Waals surface area contributed by atoms with Crippen molar-refractivity contribution < 1.29 is 75.8 Å². The fourth-order valence-electron chi connectivity index (χ4n) is 11.3. The number of allylic oxidation sites excluding steroid dienone is 26. The summed E-state index contributed by atoms with van der Waals surface area (Å²) in [4.78, 5) is 58.7. The van der Waals surface area contributed by atoms with Crippen LogP contribution in [0.25, 0.3) is 0 Å². The van der Waals surface area contributed by atoms with E-state index in [9.17, 15) is 43.5 Å². The Kier molecular flexibility index (Phi) is 79.0. The van der Waals surface area contributed by atoms with Crippen LogP contribution in [0.15, 0.2) is 158 Å². The second kappa shape index (κ2) is 82.6. The van der Waals surface area contributed by atoms with Crippen LogP contribution in [0.5, 0.6) is 0 Å². The van der Waals surface area contributed by atoms with Crippen molar-refractivity contribution in [3.8, 4) is 0 Å². The Morgan fingerprint density at radius 3 is 0.771 bits per heavy atom. The quantitative estimate of drug-likeness (QED) is 0.0146. The van der Waals surface area contributed by atoms with Gasteiger partial charge in [0.1, 0.15) is 25.4 Å². The van der Waals surface area contributed by atoms with Gasteiger partial charge >= 0.3 is 33.6 Å². The zero-order valence-corrected chi connectivity index (χ0v) is 70.2. The molecule has 0 bridgehead atoms. The molecule has 4 N–H and O–H groups in total. The number of unbranched alkanes of at least 4 members (excludes halogenated alkanes) is 31. The molecular formula is C91H154O16P2. The molecule has 0 aliphatic heterocycles. The van der Waals surface area contributed by atoms with Crippen LogP contribution < -0.4 is 0 Å². The summed E-state index contributed by atoms with van der Waals surface area (Å²) in [6, 6.07) is 0. The highest BCUT2D eigenvalue weighted by Gasteiger charge is 2.29.